The van der Waals surface area contributed by atoms with Gasteiger partial charge in [0.1, 0.15) is 0 Å². The lowest BCUT2D eigenvalue weighted by Crippen LogP contribution is -2.26. The van der Waals surface area contributed by atoms with Gasteiger partial charge in [-0.05, 0) is 104 Å². The molecule has 242 valence electrons. The number of benzene rings is 7. The molecule has 0 saturated heterocycles. The second kappa shape index (κ2) is 11.2. The van der Waals surface area contributed by atoms with E-state index in [1.54, 1.807) is 0 Å². The topological polar surface area (TPSA) is 3.24 Å². The van der Waals surface area contributed by atoms with Gasteiger partial charge in [0.05, 0.1) is 5.69 Å². The van der Waals surface area contributed by atoms with Gasteiger partial charge in [0.25, 0.3) is 0 Å². The minimum absolute atomic E-state index is 0.210. The Bertz CT molecular complexity index is 2230. The van der Waals surface area contributed by atoms with Gasteiger partial charge in [0.2, 0.25) is 0 Å². The van der Waals surface area contributed by atoms with Crippen molar-refractivity contribution >= 4 is 17.1 Å². The van der Waals surface area contributed by atoms with Crippen LogP contribution in [0.4, 0.5) is 17.1 Å². The molecular formula is C49H41N. The highest BCUT2D eigenvalue weighted by Crippen LogP contribution is 2.64. The molecule has 2 aliphatic carbocycles. The molecule has 0 unspecified atom stereocenters. The first-order valence-electron chi connectivity index (χ1n) is 17.8. The Hall–Kier alpha value is -5.66. The second-order valence-corrected chi connectivity index (χ2v) is 15.0. The molecule has 9 rings (SSSR count). The van der Waals surface area contributed by atoms with E-state index in [0.29, 0.717) is 0 Å². The highest BCUT2D eigenvalue weighted by Gasteiger charge is 2.48. The Morgan fingerprint density at radius 2 is 0.720 bits per heavy atom. The van der Waals surface area contributed by atoms with Gasteiger partial charge >= 0.3 is 0 Å². The van der Waals surface area contributed by atoms with Crippen LogP contribution in [0.15, 0.2) is 158 Å². The summed E-state index contributed by atoms with van der Waals surface area (Å²) in [5.41, 5.74) is 20.6. The van der Waals surface area contributed by atoms with Crippen LogP contribution in [0.5, 0.6) is 0 Å². The van der Waals surface area contributed by atoms with E-state index in [2.05, 4.69) is 197 Å². The molecule has 0 aromatic heterocycles. The Balaban J connectivity index is 1.37. The van der Waals surface area contributed by atoms with Gasteiger partial charge in [-0.3, -0.25) is 0 Å². The van der Waals surface area contributed by atoms with Crippen molar-refractivity contribution in [1.82, 2.24) is 0 Å². The van der Waals surface area contributed by atoms with Gasteiger partial charge in [-0.2, -0.15) is 0 Å². The molecule has 0 spiro atoms. The third kappa shape index (κ3) is 4.39. The first-order chi connectivity index (χ1) is 24.3. The number of anilines is 3. The Morgan fingerprint density at radius 3 is 1.12 bits per heavy atom. The maximum Gasteiger partial charge on any atom is 0.0555 e. The zero-order valence-corrected chi connectivity index (χ0v) is 29.5. The quantitative estimate of drug-likeness (QED) is 0.180. The fraction of sp³-hybridized carbons (Fsp3) is 0.143. The largest absolute Gasteiger partial charge is 0.310 e. The van der Waals surface area contributed by atoms with Crippen LogP contribution in [0, 0.1) is 6.92 Å². The minimum Gasteiger partial charge on any atom is -0.310 e. The molecule has 0 saturated carbocycles. The van der Waals surface area contributed by atoms with Gasteiger partial charge in [-0.25, -0.2) is 0 Å². The number of fused-ring (bicyclic) bond motifs is 6. The first-order valence-corrected chi connectivity index (χ1v) is 17.8. The molecule has 50 heavy (non-hydrogen) atoms. The van der Waals surface area contributed by atoms with E-state index in [0.717, 1.165) is 11.4 Å². The molecular weight excluding hydrogens is 603 g/mol. The Labute approximate surface area is 296 Å². The number of hydrogen-bond donors (Lipinski definition) is 0. The highest BCUT2D eigenvalue weighted by atomic mass is 15.2. The van der Waals surface area contributed by atoms with Crippen molar-refractivity contribution in [3.63, 3.8) is 0 Å². The van der Waals surface area contributed by atoms with E-state index in [4.69, 9.17) is 0 Å². The van der Waals surface area contributed by atoms with E-state index in [9.17, 15) is 0 Å². The van der Waals surface area contributed by atoms with Crippen LogP contribution in [0.1, 0.15) is 55.5 Å². The first kappa shape index (κ1) is 30.4. The summed E-state index contributed by atoms with van der Waals surface area (Å²) in [7, 11) is 0. The van der Waals surface area contributed by atoms with Gasteiger partial charge in [-0.15, -0.1) is 0 Å². The molecule has 0 radical (unpaired) electrons. The zero-order chi connectivity index (χ0) is 34.2. The molecule has 1 nitrogen and oxygen atoms in total. The highest BCUT2D eigenvalue weighted by molar-refractivity contribution is 6.02. The summed E-state index contributed by atoms with van der Waals surface area (Å²) in [6.07, 6.45) is 0. The second-order valence-electron chi connectivity index (χ2n) is 15.0. The SMILES string of the molecule is Cc1c2c(c(N(c3ccc(-c4ccccc4)cc3)c3ccc(-c4ccccc4)cc3)c3c1-c1ccccc1C3(C)C)C(C)(C)c1ccccc1-2. The zero-order valence-electron chi connectivity index (χ0n) is 29.5. The predicted octanol–water partition coefficient (Wildman–Crippen LogP) is 13.4. The molecule has 0 aliphatic heterocycles. The van der Waals surface area contributed by atoms with Crippen LogP contribution in [0.3, 0.4) is 0 Å². The van der Waals surface area contributed by atoms with Crippen LogP contribution in [-0.2, 0) is 10.8 Å². The average Bonchev–Trinajstić information content (AvgIpc) is 3.55. The summed E-state index contributed by atoms with van der Waals surface area (Å²) in [6.45, 7) is 12.1. The Morgan fingerprint density at radius 1 is 0.380 bits per heavy atom. The maximum absolute atomic E-state index is 2.57. The molecule has 2 aliphatic rings. The van der Waals surface area contributed by atoms with Crippen LogP contribution in [0.25, 0.3) is 44.5 Å². The molecule has 0 fully saturated rings. The van der Waals surface area contributed by atoms with Crippen LogP contribution < -0.4 is 4.90 Å². The van der Waals surface area contributed by atoms with Gasteiger partial charge in [0, 0.05) is 22.2 Å². The number of nitrogens with zero attached hydrogens (tertiary/aromatic N) is 1. The van der Waals surface area contributed by atoms with E-state index in [1.807, 2.05) is 0 Å². The van der Waals surface area contributed by atoms with Crippen molar-refractivity contribution in [3.05, 3.63) is 186 Å². The van der Waals surface area contributed by atoms with Crippen molar-refractivity contribution in [2.24, 2.45) is 0 Å². The third-order valence-electron chi connectivity index (χ3n) is 11.4. The normalized spacial score (nSPS) is 14.4. The fourth-order valence-electron chi connectivity index (χ4n) is 9.01. The van der Waals surface area contributed by atoms with Crippen molar-refractivity contribution in [2.75, 3.05) is 4.90 Å². The maximum atomic E-state index is 2.57. The molecule has 7 aromatic rings. The summed E-state index contributed by atoms with van der Waals surface area (Å²) in [6, 6.07) is 57.9. The van der Waals surface area contributed by atoms with Crippen molar-refractivity contribution in [3.8, 4) is 44.5 Å². The van der Waals surface area contributed by atoms with Gasteiger partial charge < -0.3 is 4.90 Å². The lowest BCUT2D eigenvalue weighted by atomic mass is 9.74. The lowest BCUT2D eigenvalue weighted by Gasteiger charge is -2.38. The standard InChI is InChI=1S/C49H41N/c1-32-43-39-20-12-14-22-41(39)48(2,3)45(43)47(46-44(32)40-21-13-15-23-42(40)49(46,4)5)50(37-28-24-35(25-29-37)33-16-8-6-9-17-33)38-30-26-36(27-31-38)34-18-10-7-11-19-34/h6-31H,1-5H3. The van der Waals surface area contributed by atoms with Crippen molar-refractivity contribution in [1.29, 1.82) is 0 Å². The van der Waals surface area contributed by atoms with Gasteiger partial charge in [0.15, 0.2) is 0 Å². The third-order valence-corrected chi connectivity index (χ3v) is 11.4. The fourth-order valence-corrected chi connectivity index (χ4v) is 9.01. The molecule has 7 aromatic carbocycles. The number of rotatable bonds is 5. The number of hydrogen-bond acceptors (Lipinski definition) is 1. The van der Waals surface area contributed by atoms with E-state index in [1.165, 1.54) is 78.0 Å². The van der Waals surface area contributed by atoms with Gasteiger partial charge in [-0.1, -0.05) is 161 Å². The Kier molecular flexibility index (Phi) is 6.80. The van der Waals surface area contributed by atoms with E-state index in [-0.39, 0.29) is 10.8 Å². The average molecular weight is 644 g/mol. The predicted molar refractivity (Wildman–Crippen MR) is 212 cm³/mol. The summed E-state index contributed by atoms with van der Waals surface area (Å²) in [5.74, 6) is 0. The van der Waals surface area contributed by atoms with E-state index >= 15 is 0 Å². The summed E-state index contributed by atoms with van der Waals surface area (Å²) >= 11 is 0. The van der Waals surface area contributed by atoms with Crippen LogP contribution >= 0.6 is 0 Å². The van der Waals surface area contributed by atoms with E-state index < -0.39 is 0 Å². The summed E-state index contributed by atoms with van der Waals surface area (Å²) in [5, 5.41) is 0. The van der Waals surface area contributed by atoms with Crippen LogP contribution in [-0.4, -0.2) is 0 Å². The molecule has 0 heterocycles. The lowest BCUT2D eigenvalue weighted by molar-refractivity contribution is 0.639. The molecule has 0 N–H and O–H groups in total. The van der Waals surface area contributed by atoms with Crippen molar-refractivity contribution in [2.45, 2.75) is 45.4 Å². The van der Waals surface area contributed by atoms with Crippen molar-refractivity contribution < 1.29 is 0 Å². The summed E-state index contributed by atoms with van der Waals surface area (Å²) in [4.78, 5) is 2.57. The molecule has 0 amide bonds. The molecule has 0 bridgehead atoms. The smallest absolute Gasteiger partial charge is 0.0555 e. The van der Waals surface area contributed by atoms with Crippen LogP contribution in [0.2, 0.25) is 0 Å². The molecule has 1 heteroatoms. The molecule has 0 atom stereocenters. The monoisotopic (exact) mass is 643 g/mol. The minimum atomic E-state index is -0.210. The summed E-state index contributed by atoms with van der Waals surface area (Å²) < 4.78 is 0.